The third-order valence-electron chi connectivity index (χ3n) is 5.29. The topological polar surface area (TPSA) is 87.0 Å². The molecule has 1 aliphatic heterocycles. The molecule has 0 aliphatic carbocycles. The van der Waals surface area contributed by atoms with Crippen LogP contribution in [-0.2, 0) is 11.3 Å². The first-order valence-corrected chi connectivity index (χ1v) is 10.0. The highest BCUT2D eigenvalue weighted by molar-refractivity contribution is 6.31. The molecular weight excluding hydrogens is 427 g/mol. The van der Waals surface area contributed by atoms with Crippen molar-refractivity contribution in [1.29, 1.82) is 0 Å². The standard InChI is InChI=1S/C21H22ClFN4O4/c1-14(28)25-8-10-26(11-9-25)19-7-6-15(12-20(19)27(30)31)21(29)24(2)13-16-17(22)4-3-5-18(16)23/h3-7,12H,8-11,13H2,1-2H3. The van der Waals surface area contributed by atoms with Crippen molar-refractivity contribution in [2.45, 2.75) is 13.5 Å². The molecule has 1 saturated heterocycles. The number of anilines is 1. The fraction of sp³-hybridized carbons (Fsp3) is 0.333. The summed E-state index contributed by atoms with van der Waals surface area (Å²) in [5.74, 6) is -1.05. The predicted molar refractivity (Wildman–Crippen MR) is 115 cm³/mol. The van der Waals surface area contributed by atoms with Crippen LogP contribution < -0.4 is 4.90 Å². The first-order valence-electron chi connectivity index (χ1n) is 9.66. The smallest absolute Gasteiger partial charge is 0.293 e. The van der Waals surface area contributed by atoms with Crippen molar-refractivity contribution < 1.29 is 18.9 Å². The van der Waals surface area contributed by atoms with Crippen molar-refractivity contribution in [1.82, 2.24) is 9.80 Å². The summed E-state index contributed by atoms with van der Waals surface area (Å²) < 4.78 is 14.0. The zero-order valence-corrected chi connectivity index (χ0v) is 17.9. The molecular formula is C21H22ClFN4O4. The maximum atomic E-state index is 14.0. The monoisotopic (exact) mass is 448 g/mol. The Hall–Kier alpha value is -3.20. The van der Waals surface area contributed by atoms with Crippen LogP contribution in [0.2, 0.25) is 5.02 Å². The molecule has 2 aromatic carbocycles. The Bertz CT molecular complexity index is 1000. The molecule has 164 valence electrons. The van der Waals surface area contributed by atoms with Crippen LogP contribution in [0.4, 0.5) is 15.8 Å². The van der Waals surface area contributed by atoms with E-state index in [9.17, 15) is 24.1 Å². The van der Waals surface area contributed by atoms with Gasteiger partial charge >= 0.3 is 0 Å². The number of nitro groups is 1. The summed E-state index contributed by atoms with van der Waals surface area (Å²) in [7, 11) is 1.48. The largest absolute Gasteiger partial charge is 0.362 e. The lowest BCUT2D eigenvalue weighted by atomic mass is 10.1. The van der Waals surface area contributed by atoms with Gasteiger partial charge in [0, 0.05) is 68.9 Å². The third-order valence-corrected chi connectivity index (χ3v) is 5.64. The first kappa shape index (κ1) is 22.5. The minimum atomic E-state index is -0.531. The van der Waals surface area contributed by atoms with Crippen molar-refractivity contribution in [2.75, 3.05) is 38.1 Å². The van der Waals surface area contributed by atoms with Crippen LogP contribution >= 0.6 is 11.6 Å². The van der Waals surface area contributed by atoms with E-state index in [1.165, 1.54) is 49.2 Å². The lowest BCUT2D eigenvalue weighted by Gasteiger charge is -2.35. The van der Waals surface area contributed by atoms with E-state index in [-0.39, 0.29) is 34.3 Å². The zero-order chi connectivity index (χ0) is 22.7. The average molecular weight is 449 g/mol. The van der Waals surface area contributed by atoms with Gasteiger partial charge < -0.3 is 14.7 Å². The third kappa shape index (κ3) is 4.93. The van der Waals surface area contributed by atoms with Crippen LogP contribution in [0, 0.1) is 15.9 Å². The summed E-state index contributed by atoms with van der Waals surface area (Å²) in [5, 5.41) is 11.9. The quantitative estimate of drug-likeness (QED) is 0.517. The molecule has 10 heteroatoms. The average Bonchev–Trinajstić information content (AvgIpc) is 2.75. The van der Waals surface area contributed by atoms with Gasteiger partial charge in [-0.3, -0.25) is 19.7 Å². The van der Waals surface area contributed by atoms with E-state index in [0.29, 0.717) is 31.9 Å². The molecule has 3 rings (SSSR count). The second-order valence-electron chi connectivity index (χ2n) is 7.32. The van der Waals surface area contributed by atoms with Gasteiger partial charge in [0.2, 0.25) is 5.91 Å². The number of hydrogen-bond donors (Lipinski definition) is 0. The molecule has 0 aromatic heterocycles. The number of piperazine rings is 1. The van der Waals surface area contributed by atoms with Gasteiger partial charge in [-0.05, 0) is 24.3 Å². The van der Waals surface area contributed by atoms with Gasteiger partial charge in [0.05, 0.1) is 4.92 Å². The molecule has 1 aliphatic rings. The number of carbonyl (C=O) groups excluding carboxylic acids is 2. The molecule has 1 fully saturated rings. The fourth-order valence-corrected chi connectivity index (χ4v) is 3.77. The van der Waals surface area contributed by atoms with Crippen LogP contribution in [-0.4, -0.2) is 59.8 Å². The van der Waals surface area contributed by atoms with Gasteiger partial charge in [-0.15, -0.1) is 0 Å². The van der Waals surface area contributed by atoms with E-state index in [1.807, 2.05) is 4.90 Å². The number of carbonyl (C=O) groups is 2. The van der Waals surface area contributed by atoms with Crippen LogP contribution in [0.25, 0.3) is 0 Å². The highest BCUT2D eigenvalue weighted by atomic mass is 35.5. The molecule has 2 amide bonds. The van der Waals surface area contributed by atoms with E-state index in [2.05, 4.69) is 0 Å². The van der Waals surface area contributed by atoms with Crippen LogP contribution in [0.15, 0.2) is 36.4 Å². The molecule has 0 spiro atoms. The minimum absolute atomic E-state index is 0.0342. The number of halogens is 2. The summed E-state index contributed by atoms with van der Waals surface area (Å²) >= 11 is 6.03. The molecule has 0 N–H and O–H groups in total. The Balaban J connectivity index is 1.81. The van der Waals surface area contributed by atoms with Crippen LogP contribution in [0.5, 0.6) is 0 Å². The second-order valence-corrected chi connectivity index (χ2v) is 7.72. The van der Waals surface area contributed by atoms with Crippen molar-refractivity contribution in [3.8, 4) is 0 Å². The van der Waals surface area contributed by atoms with Crippen molar-refractivity contribution in [3.63, 3.8) is 0 Å². The van der Waals surface area contributed by atoms with Crippen LogP contribution in [0.1, 0.15) is 22.8 Å². The van der Waals surface area contributed by atoms with Gasteiger partial charge in [-0.1, -0.05) is 17.7 Å². The Morgan fingerprint density at radius 3 is 2.45 bits per heavy atom. The summed E-state index contributed by atoms with van der Waals surface area (Å²) in [5.41, 5.74) is 0.492. The zero-order valence-electron chi connectivity index (χ0n) is 17.2. The summed E-state index contributed by atoms with van der Waals surface area (Å²) in [6.07, 6.45) is 0. The normalized spacial score (nSPS) is 13.8. The van der Waals surface area contributed by atoms with E-state index < -0.39 is 16.6 Å². The minimum Gasteiger partial charge on any atom is -0.362 e. The summed E-state index contributed by atoms with van der Waals surface area (Å²) in [4.78, 5) is 40.3. The van der Waals surface area contributed by atoms with Gasteiger partial charge in [0.1, 0.15) is 11.5 Å². The fourth-order valence-electron chi connectivity index (χ4n) is 3.55. The number of nitro benzene ring substituents is 1. The van der Waals surface area contributed by atoms with E-state index in [1.54, 1.807) is 11.0 Å². The Morgan fingerprint density at radius 1 is 1.19 bits per heavy atom. The lowest BCUT2D eigenvalue weighted by molar-refractivity contribution is -0.384. The molecule has 0 atom stereocenters. The van der Waals surface area contributed by atoms with Gasteiger partial charge in [-0.2, -0.15) is 0 Å². The van der Waals surface area contributed by atoms with Crippen molar-refractivity contribution in [2.24, 2.45) is 0 Å². The number of rotatable bonds is 5. The molecule has 0 bridgehead atoms. The van der Waals surface area contributed by atoms with Gasteiger partial charge in [0.25, 0.3) is 11.6 Å². The maximum absolute atomic E-state index is 14.0. The highest BCUT2D eigenvalue weighted by Crippen LogP contribution is 2.31. The van der Waals surface area contributed by atoms with E-state index in [4.69, 9.17) is 11.6 Å². The predicted octanol–water partition coefficient (Wildman–Crippen LogP) is 3.33. The van der Waals surface area contributed by atoms with Crippen molar-refractivity contribution >= 4 is 34.8 Å². The van der Waals surface area contributed by atoms with Crippen molar-refractivity contribution in [3.05, 3.63) is 68.5 Å². The second kappa shape index (κ2) is 9.30. The Labute approximate surface area is 183 Å². The highest BCUT2D eigenvalue weighted by Gasteiger charge is 2.26. The Morgan fingerprint density at radius 2 is 1.87 bits per heavy atom. The Kier molecular flexibility index (Phi) is 6.74. The molecule has 2 aromatic rings. The molecule has 1 heterocycles. The van der Waals surface area contributed by atoms with E-state index in [0.717, 1.165) is 0 Å². The number of hydrogen-bond acceptors (Lipinski definition) is 5. The molecule has 8 nitrogen and oxygen atoms in total. The van der Waals surface area contributed by atoms with Crippen LogP contribution in [0.3, 0.4) is 0 Å². The van der Waals surface area contributed by atoms with Gasteiger partial charge in [0.15, 0.2) is 0 Å². The number of benzene rings is 2. The molecule has 0 unspecified atom stereocenters. The maximum Gasteiger partial charge on any atom is 0.293 e. The van der Waals surface area contributed by atoms with E-state index >= 15 is 0 Å². The number of amides is 2. The summed E-state index contributed by atoms with van der Waals surface area (Å²) in [6.45, 7) is 3.27. The first-order chi connectivity index (χ1) is 14.7. The lowest BCUT2D eigenvalue weighted by Crippen LogP contribution is -2.48. The molecule has 31 heavy (non-hydrogen) atoms. The van der Waals surface area contributed by atoms with Gasteiger partial charge in [-0.25, -0.2) is 4.39 Å². The SMILES string of the molecule is CC(=O)N1CCN(c2ccc(C(=O)N(C)Cc3c(F)cccc3Cl)cc2[N+](=O)[O-])CC1. The number of nitrogens with zero attached hydrogens (tertiary/aromatic N) is 4. The molecule has 0 radical (unpaired) electrons. The molecule has 0 saturated carbocycles. The summed E-state index contributed by atoms with van der Waals surface area (Å²) in [6, 6.07) is 8.55.